The Bertz CT molecular complexity index is 1860. The summed E-state index contributed by atoms with van der Waals surface area (Å²) in [6.45, 7) is 51.3. The number of aliphatic hydroxyl groups is 1. The van der Waals surface area contributed by atoms with E-state index < -0.39 is 20.2 Å². The molecule has 73 heavy (non-hydrogen) atoms. The molecule has 1 amide bonds. The van der Waals surface area contributed by atoms with Gasteiger partial charge in [0.1, 0.15) is 6.61 Å². The van der Waals surface area contributed by atoms with Crippen molar-refractivity contribution in [3.63, 3.8) is 0 Å². The lowest BCUT2D eigenvalue weighted by Gasteiger charge is -2.42. The normalized spacial score (nSPS) is 21.0. The quantitative estimate of drug-likeness (QED) is 0.349. The third kappa shape index (κ3) is 25.7. The van der Waals surface area contributed by atoms with Crippen molar-refractivity contribution in [1.29, 1.82) is 5.26 Å². The number of hydrogen-bond donors (Lipinski definition) is 1. The van der Waals surface area contributed by atoms with Gasteiger partial charge in [0.2, 0.25) is 15.9 Å². The Balaban J connectivity index is 0.000000457. The smallest absolute Gasteiger partial charge is 0.319 e. The van der Waals surface area contributed by atoms with Crippen molar-refractivity contribution in [2.24, 2.45) is 0 Å². The maximum absolute atomic E-state index is 11.9. The van der Waals surface area contributed by atoms with Gasteiger partial charge >= 0.3 is 5.97 Å². The number of methoxy groups -OCH3 is 1. The van der Waals surface area contributed by atoms with Crippen LogP contribution in [0.3, 0.4) is 0 Å². The van der Waals surface area contributed by atoms with Crippen LogP contribution in [0.15, 0.2) is 0 Å². The van der Waals surface area contributed by atoms with E-state index in [1.165, 1.54) is 17.7 Å². The molecule has 0 bridgehead atoms. The van der Waals surface area contributed by atoms with Gasteiger partial charge in [0, 0.05) is 186 Å². The van der Waals surface area contributed by atoms with Crippen LogP contribution in [0.1, 0.15) is 110 Å². The van der Waals surface area contributed by atoms with Gasteiger partial charge in [-0.2, -0.15) is 26.6 Å². The fraction of sp³-hybridized carbons (Fsp3) is 0.941. The number of carbonyl (C=O) groups excluding carboxylic acids is 2. The number of aliphatic hydroxyl groups excluding tert-OH is 1. The van der Waals surface area contributed by atoms with Gasteiger partial charge in [-0.3, -0.25) is 43.9 Å². The van der Waals surface area contributed by atoms with Gasteiger partial charge in [-0.05, 0) is 104 Å². The number of ether oxygens (including phenoxy) is 1. The molecular formula is C51H106N12O8S2. The number of sulfonamides is 1. The van der Waals surface area contributed by atoms with E-state index in [0.717, 1.165) is 111 Å². The number of amides is 1. The summed E-state index contributed by atoms with van der Waals surface area (Å²) in [5, 5.41) is 17.2. The first-order chi connectivity index (χ1) is 33.3. The number of carbonyl (C=O) groups is 2. The minimum Gasteiger partial charge on any atom is -0.468 e. The number of piperazine rings is 5. The Kier molecular flexibility index (Phi) is 28.5. The molecule has 5 fully saturated rings. The lowest BCUT2D eigenvalue weighted by atomic mass is 10.0. The summed E-state index contributed by atoms with van der Waals surface area (Å²) in [5.41, 5.74) is 0.963. The highest BCUT2D eigenvalue weighted by Gasteiger charge is 2.33. The van der Waals surface area contributed by atoms with Crippen molar-refractivity contribution in [2.45, 2.75) is 138 Å². The van der Waals surface area contributed by atoms with E-state index in [4.69, 9.17) is 10.4 Å². The number of rotatable bonds is 8. The molecule has 0 aromatic rings. The molecule has 0 aromatic heterocycles. The highest BCUT2D eigenvalue weighted by atomic mass is 32.2. The molecule has 5 aliphatic heterocycles. The van der Waals surface area contributed by atoms with Crippen LogP contribution in [-0.4, -0.2) is 292 Å². The lowest BCUT2D eigenvalue weighted by Crippen LogP contribution is -2.56. The summed E-state index contributed by atoms with van der Waals surface area (Å²) in [7, 11) is -1.63. The third-order valence-electron chi connectivity index (χ3n) is 14.1. The fourth-order valence-electron chi connectivity index (χ4n) is 8.91. The van der Waals surface area contributed by atoms with Gasteiger partial charge in [-0.25, -0.2) is 8.42 Å². The molecule has 0 atom stereocenters. The second kappa shape index (κ2) is 30.1. The Morgan fingerprint density at radius 1 is 0.521 bits per heavy atom. The molecule has 0 saturated carbocycles. The lowest BCUT2D eigenvalue weighted by molar-refractivity contribution is -0.142. The predicted octanol–water partition coefficient (Wildman–Crippen LogP) is 2.38. The van der Waals surface area contributed by atoms with E-state index in [1.807, 2.05) is 0 Å². The molecule has 430 valence electrons. The standard InChI is InChI=1S/C11H21N3.C11H22N2O2.C10H23N3O2S.C10H20N2O2.C9H20N2O2S/c1-11(2,3)14-9-7-13(8-10-14)6-4-5-12;1-11(2,3)13-7-5-12(6-8-13)9-10(14)15-4;1-10(2,3)12-6-8-13(9-7-12)16(14,15)11(4)5;1-10(2,3)12-6-4-11(5-7-12)9(14)8-13;1-9(2,3)10-5-7-11(8-6-10)14(4,12)13/h4,6-10H2,1-3H3;5-9H2,1-4H3;6-9H2,1-5H3;13H,4-8H2,1-3H3;5-8H2,1-4H3. The van der Waals surface area contributed by atoms with E-state index >= 15 is 0 Å². The maximum atomic E-state index is 11.9. The number of esters is 1. The first-order valence-corrected chi connectivity index (χ1v) is 29.7. The summed E-state index contributed by atoms with van der Waals surface area (Å²) < 4.78 is 55.3. The zero-order valence-electron chi connectivity index (χ0n) is 49.5. The first kappa shape index (κ1) is 68.9. The Morgan fingerprint density at radius 2 is 0.822 bits per heavy atom. The van der Waals surface area contributed by atoms with Crippen molar-refractivity contribution in [3.05, 3.63) is 0 Å². The molecule has 0 spiro atoms. The molecule has 22 heteroatoms. The molecule has 0 unspecified atom stereocenters. The largest absolute Gasteiger partial charge is 0.468 e. The van der Waals surface area contributed by atoms with Crippen molar-refractivity contribution < 1.29 is 36.3 Å². The van der Waals surface area contributed by atoms with Crippen molar-refractivity contribution in [3.8, 4) is 6.07 Å². The summed E-state index contributed by atoms with van der Waals surface area (Å²) in [5.74, 6) is -0.294. The fourth-order valence-corrected chi connectivity index (χ4v) is 10.8. The van der Waals surface area contributed by atoms with E-state index in [-0.39, 0.29) is 40.6 Å². The minimum atomic E-state index is -3.23. The Labute approximate surface area is 446 Å². The van der Waals surface area contributed by atoms with Gasteiger partial charge in [0.25, 0.3) is 10.2 Å². The van der Waals surface area contributed by atoms with Gasteiger partial charge < -0.3 is 14.7 Å². The monoisotopic (exact) mass is 1080 g/mol. The summed E-state index contributed by atoms with van der Waals surface area (Å²) in [6, 6.07) is 2.20. The average Bonchev–Trinajstić information content (AvgIpc) is 3.30. The number of nitrogens with zero attached hydrogens (tertiary/aromatic N) is 12. The third-order valence-corrected chi connectivity index (χ3v) is 17.4. The summed E-state index contributed by atoms with van der Waals surface area (Å²) >= 11 is 0. The van der Waals surface area contributed by atoms with E-state index in [9.17, 15) is 26.4 Å². The first-order valence-electron chi connectivity index (χ1n) is 26.4. The predicted molar refractivity (Wildman–Crippen MR) is 296 cm³/mol. The molecule has 5 saturated heterocycles. The molecule has 20 nitrogen and oxygen atoms in total. The van der Waals surface area contributed by atoms with Gasteiger partial charge in [-0.15, -0.1) is 0 Å². The molecule has 0 aliphatic carbocycles. The summed E-state index contributed by atoms with van der Waals surface area (Å²) in [6.07, 6.45) is 1.94. The van der Waals surface area contributed by atoms with Crippen LogP contribution in [0, 0.1) is 11.3 Å². The highest BCUT2D eigenvalue weighted by Crippen LogP contribution is 2.20. The maximum Gasteiger partial charge on any atom is 0.319 e. The molecule has 1 N–H and O–H groups in total. The molecule has 5 rings (SSSR count). The van der Waals surface area contributed by atoms with Crippen molar-refractivity contribution in [1.82, 2.24) is 52.1 Å². The molecule has 5 heterocycles. The van der Waals surface area contributed by atoms with Gasteiger partial charge in [0.05, 0.1) is 26.0 Å². The zero-order valence-corrected chi connectivity index (χ0v) is 51.1. The van der Waals surface area contributed by atoms with Crippen LogP contribution in [0.5, 0.6) is 0 Å². The van der Waals surface area contributed by atoms with Crippen LogP contribution in [0.4, 0.5) is 0 Å². The molecule has 0 aromatic carbocycles. The average molecular weight is 1080 g/mol. The van der Waals surface area contributed by atoms with E-state index in [2.05, 4.69) is 149 Å². The minimum absolute atomic E-state index is 0.119. The summed E-state index contributed by atoms with van der Waals surface area (Å²) in [4.78, 5) is 40.5. The topological polar surface area (TPSA) is 191 Å². The van der Waals surface area contributed by atoms with E-state index in [0.29, 0.717) is 44.7 Å². The molecular weight excluding hydrogens is 973 g/mol. The number of nitriles is 1. The van der Waals surface area contributed by atoms with Crippen LogP contribution < -0.4 is 0 Å². The van der Waals surface area contributed by atoms with Crippen LogP contribution in [0.2, 0.25) is 0 Å². The zero-order chi connectivity index (χ0) is 56.4. The Morgan fingerprint density at radius 3 is 1.10 bits per heavy atom. The Hall–Kier alpha value is -2.11. The SMILES string of the molecule is CC(C)(C)N1CCN(C(=O)CO)CC1.CC(C)(C)N1CCN(CCC#N)CC1.CC(C)(C)N1CCN(S(C)(=O)=O)CC1.CN(C)S(=O)(=O)N1CCN(C(C)(C)C)CC1.COC(=O)CN1CCN(C(C)(C)C)CC1. The van der Waals surface area contributed by atoms with Crippen molar-refractivity contribution in [2.75, 3.05) is 178 Å². The van der Waals surface area contributed by atoms with Gasteiger partial charge in [-0.1, -0.05) is 0 Å². The molecule has 5 aliphatic rings. The van der Waals surface area contributed by atoms with E-state index in [1.54, 1.807) is 27.6 Å². The van der Waals surface area contributed by atoms with Crippen LogP contribution >= 0.6 is 0 Å². The molecule has 0 radical (unpaired) electrons. The second-order valence-electron chi connectivity index (χ2n) is 24.8. The van der Waals surface area contributed by atoms with Crippen LogP contribution in [0.25, 0.3) is 0 Å². The van der Waals surface area contributed by atoms with Gasteiger partial charge in [0.15, 0.2) is 0 Å². The van der Waals surface area contributed by atoms with Crippen molar-refractivity contribution >= 4 is 32.1 Å². The highest BCUT2D eigenvalue weighted by molar-refractivity contribution is 7.88. The second-order valence-corrected chi connectivity index (χ2v) is 28.9. The number of hydrogen-bond acceptors (Lipinski definition) is 16. The van der Waals surface area contributed by atoms with Crippen LogP contribution in [-0.2, 0) is 34.6 Å².